The molecule has 1 heterocycles. The molecule has 1 fully saturated rings. The van der Waals surface area contributed by atoms with Crippen LogP contribution in [0.4, 0.5) is 0 Å². The van der Waals surface area contributed by atoms with Gasteiger partial charge in [-0.1, -0.05) is 25.7 Å². The van der Waals surface area contributed by atoms with Gasteiger partial charge in [0.15, 0.2) is 5.84 Å². The molecule has 0 aromatic carbocycles. The lowest BCUT2D eigenvalue weighted by Crippen LogP contribution is -2.33. The van der Waals surface area contributed by atoms with E-state index in [0.717, 1.165) is 12.8 Å². The number of nitrogens with one attached hydrogen (secondary N) is 1. The third-order valence-electron chi connectivity index (χ3n) is 3.08. The van der Waals surface area contributed by atoms with Gasteiger partial charge in [-0.2, -0.15) is 0 Å². The number of nitrogens with two attached hydrogens (primary N) is 1. The Morgan fingerprint density at radius 2 is 2.00 bits per heavy atom. The summed E-state index contributed by atoms with van der Waals surface area (Å²) < 4.78 is 0. The summed E-state index contributed by atoms with van der Waals surface area (Å²) in [6, 6.07) is 0.366. The molecule has 1 aromatic heterocycles. The van der Waals surface area contributed by atoms with E-state index in [1.165, 1.54) is 25.7 Å². The van der Waals surface area contributed by atoms with Crippen LogP contribution >= 0.6 is 0 Å². The topological polar surface area (TPSA) is 76.2 Å². The summed E-state index contributed by atoms with van der Waals surface area (Å²) in [5.74, 6) is 6.16. The lowest BCUT2D eigenvalue weighted by molar-refractivity contribution is 0.583. The highest BCUT2D eigenvalue weighted by Gasteiger charge is 2.13. The molecule has 3 N–H and O–H groups in total. The van der Waals surface area contributed by atoms with Crippen molar-refractivity contribution in [3.63, 3.8) is 0 Å². The van der Waals surface area contributed by atoms with Crippen LogP contribution in [0.2, 0.25) is 0 Å². The highest BCUT2D eigenvalue weighted by Crippen LogP contribution is 2.20. The zero-order valence-electron chi connectivity index (χ0n) is 9.97. The summed E-state index contributed by atoms with van der Waals surface area (Å²) in [6.07, 6.45) is 12.4. The first-order valence-electron chi connectivity index (χ1n) is 6.21. The Bertz CT molecular complexity index is 354. The van der Waals surface area contributed by atoms with Gasteiger partial charge in [0, 0.05) is 12.4 Å². The monoisotopic (exact) mass is 233 g/mol. The smallest absolute Gasteiger partial charge is 0.163 e. The molecule has 0 bridgehead atoms. The van der Waals surface area contributed by atoms with Crippen LogP contribution in [-0.2, 0) is 0 Å². The van der Waals surface area contributed by atoms with E-state index in [2.05, 4.69) is 20.4 Å². The number of hydrazine groups is 1. The molecule has 0 aliphatic heterocycles. The van der Waals surface area contributed by atoms with E-state index in [-0.39, 0.29) is 0 Å². The van der Waals surface area contributed by atoms with Crippen molar-refractivity contribution < 1.29 is 0 Å². The highest BCUT2D eigenvalue weighted by atomic mass is 15.3. The zero-order chi connectivity index (χ0) is 11.9. The lowest BCUT2D eigenvalue weighted by atomic mass is 10.1. The average molecular weight is 233 g/mol. The Kier molecular flexibility index (Phi) is 4.44. The van der Waals surface area contributed by atoms with Crippen molar-refractivity contribution in [3.05, 3.63) is 24.3 Å². The fraction of sp³-hybridized carbons (Fsp3) is 0.583. The van der Waals surface area contributed by atoms with Crippen LogP contribution in [0.5, 0.6) is 0 Å². The summed E-state index contributed by atoms with van der Waals surface area (Å²) in [5.41, 5.74) is 3.34. The minimum Gasteiger partial charge on any atom is -0.307 e. The Morgan fingerprint density at radius 1 is 1.24 bits per heavy atom. The molecule has 92 valence electrons. The van der Waals surface area contributed by atoms with Gasteiger partial charge in [0.1, 0.15) is 5.69 Å². The van der Waals surface area contributed by atoms with Crippen LogP contribution in [0.25, 0.3) is 0 Å². The summed E-state index contributed by atoms with van der Waals surface area (Å²) >= 11 is 0. The van der Waals surface area contributed by atoms with E-state index in [1.54, 1.807) is 18.6 Å². The standard InChI is InChI=1S/C12H19N5/c13-17-12(11-9-14-7-8-15-11)16-10-5-3-1-2-4-6-10/h7-10H,1-6,13H2,(H,16,17). The van der Waals surface area contributed by atoms with Gasteiger partial charge in [-0.05, 0) is 12.8 Å². The first kappa shape index (κ1) is 12.0. The predicted molar refractivity (Wildman–Crippen MR) is 67.4 cm³/mol. The molecular formula is C12H19N5. The average Bonchev–Trinajstić information content (AvgIpc) is 2.65. The van der Waals surface area contributed by atoms with Crippen molar-refractivity contribution >= 4 is 5.84 Å². The maximum Gasteiger partial charge on any atom is 0.163 e. The van der Waals surface area contributed by atoms with Crippen LogP contribution in [-0.4, -0.2) is 21.8 Å². The SMILES string of the molecule is NNC(=NC1CCCCCC1)c1cnccn1. The zero-order valence-corrected chi connectivity index (χ0v) is 9.97. The summed E-state index contributed by atoms with van der Waals surface area (Å²) in [4.78, 5) is 12.9. The first-order valence-corrected chi connectivity index (χ1v) is 6.21. The molecule has 1 saturated carbocycles. The van der Waals surface area contributed by atoms with Crippen LogP contribution < -0.4 is 11.3 Å². The molecule has 0 saturated heterocycles. The molecule has 1 aliphatic carbocycles. The van der Waals surface area contributed by atoms with Gasteiger partial charge in [-0.25, -0.2) is 10.8 Å². The van der Waals surface area contributed by atoms with E-state index >= 15 is 0 Å². The molecule has 5 nitrogen and oxygen atoms in total. The van der Waals surface area contributed by atoms with Crippen molar-refractivity contribution in [2.75, 3.05) is 0 Å². The van der Waals surface area contributed by atoms with Gasteiger partial charge in [-0.3, -0.25) is 9.98 Å². The number of nitrogens with zero attached hydrogens (tertiary/aromatic N) is 3. The Labute approximate surface area is 102 Å². The number of aliphatic imine (C=N–C) groups is 1. The number of hydrogen-bond acceptors (Lipinski definition) is 4. The van der Waals surface area contributed by atoms with Crippen LogP contribution in [0.3, 0.4) is 0 Å². The molecule has 17 heavy (non-hydrogen) atoms. The first-order chi connectivity index (χ1) is 8.40. The fourth-order valence-electron chi connectivity index (χ4n) is 2.17. The van der Waals surface area contributed by atoms with Crippen molar-refractivity contribution in [2.45, 2.75) is 44.6 Å². The summed E-state index contributed by atoms with van der Waals surface area (Å²) in [5, 5.41) is 0. The molecule has 0 spiro atoms. The molecule has 0 radical (unpaired) electrons. The molecule has 5 heteroatoms. The maximum absolute atomic E-state index is 5.51. The quantitative estimate of drug-likeness (QED) is 0.266. The van der Waals surface area contributed by atoms with Gasteiger partial charge >= 0.3 is 0 Å². The third kappa shape index (κ3) is 3.49. The second-order valence-electron chi connectivity index (χ2n) is 4.36. The molecular weight excluding hydrogens is 214 g/mol. The predicted octanol–water partition coefficient (Wildman–Crippen LogP) is 1.41. The number of rotatable bonds is 2. The normalized spacial score (nSPS) is 18.8. The second-order valence-corrected chi connectivity index (χ2v) is 4.36. The minimum atomic E-state index is 0.366. The van der Waals surface area contributed by atoms with E-state index in [1.807, 2.05) is 0 Å². The van der Waals surface area contributed by atoms with Crippen molar-refractivity contribution in [1.29, 1.82) is 0 Å². The Morgan fingerprint density at radius 3 is 2.59 bits per heavy atom. The van der Waals surface area contributed by atoms with Gasteiger partial charge in [-0.15, -0.1) is 0 Å². The fourth-order valence-corrected chi connectivity index (χ4v) is 2.17. The van der Waals surface area contributed by atoms with Crippen molar-refractivity contribution in [1.82, 2.24) is 15.4 Å². The van der Waals surface area contributed by atoms with Crippen LogP contribution in [0.1, 0.15) is 44.2 Å². The van der Waals surface area contributed by atoms with Gasteiger partial charge < -0.3 is 5.43 Å². The number of aromatic nitrogens is 2. The van der Waals surface area contributed by atoms with Gasteiger partial charge in [0.05, 0.1) is 12.2 Å². The third-order valence-corrected chi connectivity index (χ3v) is 3.08. The van der Waals surface area contributed by atoms with Gasteiger partial charge in [0.25, 0.3) is 0 Å². The maximum atomic E-state index is 5.51. The lowest BCUT2D eigenvalue weighted by Gasteiger charge is -2.11. The summed E-state index contributed by atoms with van der Waals surface area (Å²) in [7, 11) is 0. The molecule has 1 aromatic rings. The number of amidine groups is 1. The van der Waals surface area contributed by atoms with Crippen molar-refractivity contribution in [2.24, 2.45) is 10.8 Å². The molecule has 2 rings (SSSR count). The Hall–Kier alpha value is -1.49. The van der Waals surface area contributed by atoms with E-state index in [0.29, 0.717) is 17.6 Å². The summed E-state index contributed by atoms with van der Waals surface area (Å²) in [6.45, 7) is 0. The minimum absolute atomic E-state index is 0.366. The molecule has 1 aliphatic rings. The van der Waals surface area contributed by atoms with E-state index < -0.39 is 0 Å². The van der Waals surface area contributed by atoms with Gasteiger partial charge in [0.2, 0.25) is 0 Å². The van der Waals surface area contributed by atoms with E-state index in [9.17, 15) is 0 Å². The van der Waals surface area contributed by atoms with E-state index in [4.69, 9.17) is 5.84 Å². The van der Waals surface area contributed by atoms with Crippen LogP contribution in [0, 0.1) is 0 Å². The number of hydrogen-bond donors (Lipinski definition) is 2. The van der Waals surface area contributed by atoms with Crippen LogP contribution in [0.15, 0.2) is 23.6 Å². The Balaban J connectivity index is 2.11. The largest absolute Gasteiger partial charge is 0.307 e. The molecule has 0 unspecified atom stereocenters. The molecule has 0 amide bonds. The second kappa shape index (κ2) is 6.30. The van der Waals surface area contributed by atoms with Crippen molar-refractivity contribution in [3.8, 4) is 0 Å². The highest BCUT2D eigenvalue weighted by molar-refractivity contribution is 5.96. The molecule has 0 atom stereocenters.